The Bertz CT molecular complexity index is 801. The zero-order valence-corrected chi connectivity index (χ0v) is 20.2. The van der Waals surface area contributed by atoms with Gasteiger partial charge in [-0.25, -0.2) is 0 Å². The number of nitrogens with zero attached hydrogens (tertiary/aromatic N) is 2. The van der Waals surface area contributed by atoms with Crippen molar-refractivity contribution in [3.8, 4) is 11.5 Å². The fourth-order valence-corrected chi connectivity index (χ4v) is 5.68. The summed E-state index contributed by atoms with van der Waals surface area (Å²) in [5.74, 6) is 3.28. The topological polar surface area (TPSA) is 54.4 Å². The lowest BCUT2D eigenvalue weighted by molar-refractivity contribution is -0.0275. The smallest absolute Gasteiger partial charge is 0.123 e. The number of aliphatic hydroxyl groups is 1. The van der Waals surface area contributed by atoms with E-state index in [2.05, 4.69) is 35.8 Å². The van der Waals surface area contributed by atoms with E-state index in [1.807, 2.05) is 12.1 Å². The number of rotatable bonds is 10. The molecule has 0 spiro atoms. The van der Waals surface area contributed by atoms with Crippen molar-refractivity contribution in [3.63, 3.8) is 0 Å². The van der Waals surface area contributed by atoms with Gasteiger partial charge in [-0.1, -0.05) is 19.9 Å². The minimum atomic E-state index is -0.439. The summed E-state index contributed by atoms with van der Waals surface area (Å²) in [5.41, 5.74) is 3.03. The molecule has 1 saturated carbocycles. The normalized spacial score (nSPS) is 26.2. The molecule has 1 aromatic rings. The maximum Gasteiger partial charge on any atom is 0.123 e. The minimum absolute atomic E-state index is 0.412. The predicted octanol–water partition coefficient (Wildman–Crippen LogP) is 3.19. The van der Waals surface area contributed by atoms with E-state index in [9.17, 15) is 5.11 Å². The number of benzene rings is 1. The molecule has 1 heterocycles. The fourth-order valence-electron chi connectivity index (χ4n) is 5.68. The highest BCUT2D eigenvalue weighted by atomic mass is 16.5. The van der Waals surface area contributed by atoms with Crippen molar-refractivity contribution >= 4 is 0 Å². The maximum atomic E-state index is 10.5. The first-order valence-electron chi connectivity index (χ1n) is 12.0. The van der Waals surface area contributed by atoms with Gasteiger partial charge in [0.15, 0.2) is 0 Å². The predicted molar refractivity (Wildman–Crippen MR) is 126 cm³/mol. The first-order chi connectivity index (χ1) is 15.4. The second-order valence-corrected chi connectivity index (χ2v) is 10.2. The summed E-state index contributed by atoms with van der Waals surface area (Å²) in [7, 11) is 3.40. The van der Waals surface area contributed by atoms with Gasteiger partial charge in [0, 0.05) is 44.8 Å². The molecule has 2 bridgehead atoms. The number of methoxy groups -OCH3 is 2. The van der Waals surface area contributed by atoms with E-state index in [0.717, 1.165) is 55.7 Å². The van der Waals surface area contributed by atoms with Gasteiger partial charge >= 0.3 is 0 Å². The monoisotopic (exact) mass is 444 g/mol. The van der Waals surface area contributed by atoms with Crippen LogP contribution in [0.4, 0.5) is 0 Å². The number of hydrogen-bond donors (Lipinski definition) is 1. The van der Waals surface area contributed by atoms with E-state index in [4.69, 9.17) is 14.2 Å². The van der Waals surface area contributed by atoms with Crippen LogP contribution in [0.25, 0.3) is 0 Å². The molecule has 3 unspecified atom stereocenters. The molecule has 1 aromatic carbocycles. The Kier molecular flexibility index (Phi) is 7.45. The van der Waals surface area contributed by atoms with E-state index in [1.54, 1.807) is 14.2 Å². The second kappa shape index (κ2) is 10.1. The molecule has 0 aromatic heterocycles. The summed E-state index contributed by atoms with van der Waals surface area (Å²) < 4.78 is 16.8. The van der Waals surface area contributed by atoms with Gasteiger partial charge in [0.1, 0.15) is 11.5 Å². The van der Waals surface area contributed by atoms with Crippen molar-refractivity contribution in [2.75, 3.05) is 60.2 Å². The average molecular weight is 445 g/mol. The van der Waals surface area contributed by atoms with Crippen LogP contribution in [-0.4, -0.2) is 81.2 Å². The van der Waals surface area contributed by atoms with Gasteiger partial charge in [0.05, 0.1) is 33.5 Å². The van der Waals surface area contributed by atoms with Crippen molar-refractivity contribution in [1.29, 1.82) is 0 Å². The molecule has 3 aliphatic carbocycles. The van der Waals surface area contributed by atoms with E-state index >= 15 is 0 Å². The van der Waals surface area contributed by atoms with Crippen LogP contribution in [0.5, 0.6) is 11.5 Å². The highest BCUT2D eigenvalue weighted by Gasteiger charge is 2.50. The summed E-state index contributed by atoms with van der Waals surface area (Å²) in [6.45, 7) is 11.2. The van der Waals surface area contributed by atoms with Crippen LogP contribution in [-0.2, 0) is 11.3 Å². The van der Waals surface area contributed by atoms with E-state index in [1.165, 1.54) is 18.4 Å². The van der Waals surface area contributed by atoms with Crippen molar-refractivity contribution < 1.29 is 19.3 Å². The molecule has 5 rings (SSSR count). The molecular weight excluding hydrogens is 404 g/mol. The highest BCUT2D eigenvalue weighted by molar-refractivity contribution is 5.40. The van der Waals surface area contributed by atoms with E-state index < -0.39 is 6.10 Å². The number of β-amino-alcohol motifs (C(OH)–C–C–N with tert-alkyl or cyclic N) is 1. The molecule has 32 heavy (non-hydrogen) atoms. The van der Waals surface area contributed by atoms with Gasteiger partial charge in [-0.05, 0) is 53.9 Å². The van der Waals surface area contributed by atoms with Crippen LogP contribution in [0.2, 0.25) is 0 Å². The highest BCUT2D eigenvalue weighted by Crippen LogP contribution is 2.59. The van der Waals surface area contributed by atoms with Crippen LogP contribution >= 0.6 is 0 Å². The summed E-state index contributed by atoms with van der Waals surface area (Å²) in [6.07, 6.45) is 4.45. The zero-order chi connectivity index (χ0) is 22.7. The first kappa shape index (κ1) is 23.6. The van der Waals surface area contributed by atoms with Crippen LogP contribution in [0, 0.1) is 17.3 Å². The summed E-state index contributed by atoms with van der Waals surface area (Å²) >= 11 is 0. The fraction of sp³-hybridized carbons (Fsp3) is 0.692. The Balaban J connectivity index is 1.16. The number of ether oxygens (including phenoxy) is 3. The molecule has 178 valence electrons. The second-order valence-electron chi connectivity index (χ2n) is 10.2. The third kappa shape index (κ3) is 5.14. The third-order valence-electron chi connectivity index (χ3n) is 7.98. The Hall–Kier alpha value is -1.60. The molecule has 1 N–H and O–H groups in total. The molecule has 0 amide bonds. The standard InChI is InChI=1S/C26H40N2O4/c1-26(2)21-6-5-19(24(26)14-21)17-32-18-22(29)16-28-11-9-27(10-12-28)15-20-13-23(30-3)7-8-25(20)31-4/h5,7-8,13,21-22,24,29H,6,9-12,14-18H2,1-4H3. The maximum absolute atomic E-state index is 10.5. The molecule has 2 fully saturated rings. The molecule has 1 aliphatic heterocycles. The largest absolute Gasteiger partial charge is 0.497 e. The number of allylic oxidation sites excluding steroid dienone is 1. The first-order valence-corrected chi connectivity index (χ1v) is 12.0. The minimum Gasteiger partial charge on any atom is -0.497 e. The Labute approximate surface area is 193 Å². The van der Waals surface area contributed by atoms with Crippen molar-refractivity contribution in [3.05, 3.63) is 35.4 Å². The van der Waals surface area contributed by atoms with Gasteiger partial charge in [0.25, 0.3) is 0 Å². The number of piperazine rings is 1. The van der Waals surface area contributed by atoms with Crippen LogP contribution in [0.1, 0.15) is 32.3 Å². The summed E-state index contributed by atoms with van der Waals surface area (Å²) in [5, 5.41) is 10.5. The quantitative estimate of drug-likeness (QED) is 0.560. The van der Waals surface area contributed by atoms with Crippen LogP contribution in [0.15, 0.2) is 29.8 Å². The Morgan fingerprint density at radius 2 is 1.84 bits per heavy atom. The molecule has 4 aliphatic rings. The Morgan fingerprint density at radius 1 is 1.09 bits per heavy atom. The van der Waals surface area contributed by atoms with Gasteiger partial charge in [-0.15, -0.1) is 0 Å². The number of hydrogen-bond acceptors (Lipinski definition) is 6. The Morgan fingerprint density at radius 3 is 2.50 bits per heavy atom. The number of fused-ring (bicyclic) bond motifs is 1. The lowest BCUT2D eigenvalue weighted by Crippen LogP contribution is -2.49. The molecule has 3 atom stereocenters. The lowest BCUT2D eigenvalue weighted by atomic mass is 9.49. The lowest BCUT2D eigenvalue weighted by Gasteiger charge is -2.56. The molecule has 6 heteroatoms. The van der Waals surface area contributed by atoms with E-state index in [0.29, 0.717) is 31.1 Å². The molecule has 1 saturated heterocycles. The SMILES string of the molecule is COc1ccc(OC)c(CN2CCN(CC(O)COCC3=CCC4CC3C4(C)C)CC2)c1. The number of aliphatic hydroxyl groups excluding tert-OH is 1. The average Bonchev–Trinajstić information content (AvgIpc) is 2.80. The van der Waals surface area contributed by atoms with Gasteiger partial charge in [-0.3, -0.25) is 9.80 Å². The summed E-state index contributed by atoms with van der Waals surface area (Å²) in [6, 6.07) is 5.95. The molecular formula is C26H40N2O4. The van der Waals surface area contributed by atoms with Crippen LogP contribution in [0.3, 0.4) is 0 Å². The molecule has 6 nitrogen and oxygen atoms in total. The van der Waals surface area contributed by atoms with Gasteiger partial charge in [0.2, 0.25) is 0 Å². The third-order valence-corrected chi connectivity index (χ3v) is 7.98. The van der Waals surface area contributed by atoms with Crippen molar-refractivity contribution in [2.24, 2.45) is 17.3 Å². The molecule has 0 radical (unpaired) electrons. The van der Waals surface area contributed by atoms with Gasteiger partial charge in [-0.2, -0.15) is 0 Å². The van der Waals surface area contributed by atoms with Crippen molar-refractivity contribution in [2.45, 2.75) is 39.3 Å². The van der Waals surface area contributed by atoms with Crippen molar-refractivity contribution in [1.82, 2.24) is 9.80 Å². The van der Waals surface area contributed by atoms with Crippen LogP contribution < -0.4 is 9.47 Å². The van der Waals surface area contributed by atoms with Gasteiger partial charge < -0.3 is 19.3 Å². The van der Waals surface area contributed by atoms with E-state index in [-0.39, 0.29) is 0 Å². The summed E-state index contributed by atoms with van der Waals surface area (Å²) in [4.78, 5) is 4.77. The zero-order valence-electron chi connectivity index (χ0n) is 20.2.